The van der Waals surface area contributed by atoms with Crippen molar-refractivity contribution in [1.82, 2.24) is 0 Å². The third kappa shape index (κ3) is 15.9. The van der Waals surface area contributed by atoms with Crippen LogP contribution in [0.4, 0.5) is 0 Å². The van der Waals surface area contributed by atoms with Gasteiger partial charge in [0.25, 0.3) is 0 Å². The normalized spacial score (nSPS) is 50.1. The summed E-state index contributed by atoms with van der Waals surface area (Å²) in [7, 11) is 0. The molecule has 89 heavy (non-hydrogen) atoms. The Hall–Kier alpha value is -1.72. The molecule has 21 rings (SSSR count). The standard InChI is InChI=1S/C49H82N2O36S2/c50-12(42(71)72)7-88-9-20-40-24(59)23(58)14(75-20)1-11-15(2-52)76-44(30(65)22(11)57)82-36-16(3-53)80-48(34(69)27(36)62)87-41-21(10-89-8-13(51)43(73)74)81-49(35(70)29(41)64)85-39-19(6-56)78-46(32(67)26(39)61)83-37-17(4-54)77-45(31(66)25(37)60)84-38-18(5-55)79-47(86-40)33(68)28(38)63/h11-41,44-49,52-70H,1-10,50-51H2,(H,71,72)(H,73,74)/t11-,12-,13-,14-,15?,16?,17?,18?,19?,20?,21?,22?,23-,24?,25?,26?,27-,28-,29-,30+,31+,32+,33?,34?,35?,36-,37-,38-,39-,40-,41-,44-,45-,46-,47-,48-,49-/m1/s1. The van der Waals surface area contributed by atoms with E-state index in [1.807, 2.05) is 0 Å². The van der Waals surface area contributed by atoms with Crippen LogP contribution in [0.5, 0.6) is 0 Å². The highest BCUT2D eigenvalue weighted by molar-refractivity contribution is 7.99. The number of aliphatic hydroxyl groups is 19. The highest BCUT2D eigenvalue weighted by Gasteiger charge is 2.59. The van der Waals surface area contributed by atoms with Gasteiger partial charge in [0.15, 0.2) is 37.7 Å². The molecule has 21 aliphatic heterocycles. The van der Waals surface area contributed by atoms with Gasteiger partial charge in [0.2, 0.25) is 0 Å². The Morgan fingerprint density at radius 1 is 0.326 bits per heavy atom. The Balaban J connectivity index is 1.11. The largest absolute Gasteiger partial charge is 0.480 e. The van der Waals surface area contributed by atoms with Crippen molar-refractivity contribution in [2.24, 2.45) is 17.4 Å². The van der Waals surface area contributed by atoms with Crippen LogP contribution in [0, 0.1) is 5.92 Å². The lowest BCUT2D eigenvalue weighted by atomic mass is 9.81. The molecular weight excluding hydrogens is 1260 g/mol. The van der Waals surface area contributed by atoms with E-state index in [1.165, 1.54) is 0 Å². The first-order chi connectivity index (χ1) is 42.2. The summed E-state index contributed by atoms with van der Waals surface area (Å²) in [5.74, 6) is -5.53. The molecule has 21 aliphatic rings. The lowest BCUT2D eigenvalue weighted by Crippen LogP contribution is -2.68. The zero-order chi connectivity index (χ0) is 65.2. The first-order valence-electron chi connectivity index (χ1n) is 28.4. The molecule has 38 nitrogen and oxygen atoms in total. The van der Waals surface area contributed by atoms with Crippen molar-refractivity contribution in [3.8, 4) is 0 Å². The van der Waals surface area contributed by atoms with Crippen LogP contribution in [0.3, 0.4) is 0 Å². The van der Waals surface area contributed by atoms with Gasteiger partial charge < -0.3 is 180 Å². The Morgan fingerprint density at radius 2 is 0.562 bits per heavy atom. The number of carboxylic acid groups (broad SMARTS) is 2. The maximum Gasteiger partial charge on any atom is 0.321 e. The molecule has 40 heteroatoms. The van der Waals surface area contributed by atoms with Crippen LogP contribution in [0.15, 0.2) is 0 Å². The molecular formula is C49H82N2O36S2. The summed E-state index contributed by atoms with van der Waals surface area (Å²) < 4.78 is 76.4. The smallest absolute Gasteiger partial charge is 0.321 e. The number of thioether (sulfide) groups is 2. The Morgan fingerprint density at radius 3 is 0.843 bits per heavy atom. The van der Waals surface area contributed by atoms with Crippen LogP contribution in [-0.2, 0) is 71.2 Å². The fourth-order valence-corrected chi connectivity index (χ4v) is 13.8. The van der Waals surface area contributed by atoms with Gasteiger partial charge in [0.05, 0.1) is 63.6 Å². The van der Waals surface area contributed by atoms with Gasteiger partial charge in [-0.1, -0.05) is 0 Å². The molecule has 14 bridgehead atoms. The van der Waals surface area contributed by atoms with Crippen LogP contribution in [0.1, 0.15) is 6.42 Å². The average Bonchev–Trinajstić information content (AvgIpc) is 0.983. The van der Waals surface area contributed by atoms with Crippen molar-refractivity contribution in [3.05, 3.63) is 0 Å². The van der Waals surface area contributed by atoms with E-state index >= 15 is 0 Å². The van der Waals surface area contributed by atoms with Crippen molar-refractivity contribution in [2.75, 3.05) is 56.0 Å². The van der Waals surface area contributed by atoms with E-state index in [9.17, 15) is 117 Å². The first kappa shape index (κ1) is 73.1. The predicted molar refractivity (Wildman–Crippen MR) is 283 cm³/mol. The van der Waals surface area contributed by atoms with Crippen LogP contribution in [-0.4, -0.2) is 396 Å². The summed E-state index contributed by atoms with van der Waals surface area (Å²) in [6, 6.07) is -2.90. The molecule has 0 aliphatic carbocycles. The second kappa shape index (κ2) is 31.9. The maximum atomic E-state index is 11.8. The molecule has 25 N–H and O–H groups in total. The molecule has 21 saturated heterocycles. The number of carboxylic acids is 2. The van der Waals surface area contributed by atoms with Crippen molar-refractivity contribution in [1.29, 1.82) is 0 Å². The van der Waals surface area contributed by atoms with Gasteiger partial charge >= 0.3 is 11.9 Å². The predicted octanol–water partition coefficient (Wildman–Crippen LogP) is -14.3. The van der Waals surface area contributed by atoms with E-state index < -0.39 is 278 Å². The minimum atomic E-state index is -2.25. The van der Waals surface area contributed by atoms with Crippen LogP contribution in [0.25, 0.3) is 0 Å². The average molecular weight is 1340 g/mol. The lowest BCUT2D eigenvalue weighted by Gasteiger charge is -2.50. The zero-order valence-corrected chi connectivity index (χ0v) is 48.6. The molecule has 0 amide bonds. The third-order valence-corrected chi connectivity index (χ3v) is 19.1. The molecule has 21 heterocycles. The molecule has 516 valence electrons. The summed E-state index contributed by atoms with van der Waals surface area (Å²) in [6.07, 6.45) is -67.9. The van der Waals surface area contributed by atoms with E-state index in [4.69, 9.17) is 73.0 Å². The third-order valence-electron chi connectivity index (χ3n) is 16.8. The first-order valence-corrected chi connectivity index (χ1v) is 30.7. The van der Waals surface area contributed by atoms with Gasteiger partial charge in [-0.3, -0.25) is 9.59 Å². The summed E-state index contributed by atoms with van der Waals surface area (Å²) in [6.45, 7) is -5.25. The SMILES string of the molecule is N[C@H](CSCC1O[C@@H]2C[C@@H]3C(CO)O[C@H](O[C@@H]4C(CO)O[C@H](O[C@@H]5C(CSC[C@@H](N)C(=O)O)O[C@H](O[C@@H]6C(CO)O[C@H](O[C@@H]7C(CO)O[C@H](O[C@@H]8C(CO)O[C@H](O[C@H]1C(O)[C@@H]2O)C(O)[C@H]8O)[C@@H](O)C7O)[C@@H](O)C6O)C(O)[C@H]5O)C(O)[C@H]4O)[C@@H](O)C3O)C(=O)O. The van der Waals surface area contributed by atoms with Crippen LogP contribution in [0.2, 0.25) is 0 Å². The molecule has 0 saturated carbocycles. The van der Waals surface area contributed by atoms with Crippen molar-refractivity contribution < 1.29 is 178 Å². The summed E-state index contributed by atoms with van der Waals surface area (Å²) in [5, 5.41) is 234. The minimum Gasteiger partial charge on any atom is -0.480 e. The number of carbonyl (C=O) groups is 2. The molecule has 0 aromatic carbocycles. The summed E-state index contributed by atoms with van der Waals surface area (Å²) >= 11 is 1.66. The van der Waals surface area contributed by atoms with Gasteiger partial charge in [-0.15, -0.1) is 0 Å². The number of aliphatic carboxylic acids is 2. The van der Waals surface area contributed by atoms with Crippen molar-refractivity contribution in [3.63, 3.8) is 0 Å². The van der Waals surface area contributed by atoms with Gasteiger partial charge in [-0.25, -0.2) is 0 Å². The molecule has 0 aromatic heterocycles. The summed E-state index contributed by atoms with van der Waals surface area (Å²) in [5.41, 5.74) is 11.4. The number of hydrogen-bond acceptors (Lipinski definition) is 38. The van der Waals surface area contributed by atoms with E-state index in [0.717, 1.165) is 23.5 Å². The fourth-order valence-electron chi connectivity index (χ4n) is 11.7. The maximum absolute atomic E-state index is 11.8. The van der Waals surface area contributed by atoms with Crippen LogP contribution >= 0.6 is 23.5 Å². The zero-order valence-electron chi connectivity index (χ0n) is 46.9. The van der Waals surface area contributed by atoms with E-state index in [2.05, 4.69) is 0 Å². The van der Waals surface area contributed by atoms with Gasteiger partial charge in [-0.05, 0) is 6.42 Å². The minimum absolute atomic E-state index is 0.278. The molecule has 0 spiro atoms. The summed E-state index contributed by atoms with van der Waals surface area (Å²) in [4.78, 5) is 23.2. The monoisotopic (exact) mass is 1340 g/mol. The number of rotatable bonds is 15. The van der Waals surface area contributed by atoms with Crippen molar-refractivity contribution in [2.45, 2.75) is 227 Å². The number of hydrogen-bond donors (Lipinski definition) is 23. The quantitative estimate of drug-likeness (QED) is 0.0724. The second-order valence-electron chi connectivity index (χ2n) is 22.7. The van der Waals surface area contributed by atoms with Gasteiger partial charge in [0, 0.05) is 28.9 Å². The number of aliphatic hydroxyl groups excluding tert-OH is 19. The fraction of sp³-hybridized carbons (Fsp3) is 0.959. The van der Waals surface area contributed by atoms with Gasteiger partial charge in [0.1, 0.15) is 152 Å². The number of nitrogens with two attached hydrogens (primary N) is 2. The van der Waals surface area contributed by atoms with E-state index in [1.54, 1.807) is 0 Å². The molecule has 21 fully saturated rings. The molecule has 0 radical (unpaired) electrons. The van der Waals surface area contributed by atoms with Gasteiger partial charge in [-0.2, -0.15) is 23.5 Å². The molecule has 37 atom stereocenters. The molecule has 14 unspecified atom stereocenters. The van der Waals surface area contributed by atoms with E-state index in [0.29, 0.717) is 0 Å². The second-order valence-corrected chi connectivity index (χ2v) is 24.9. The molecule has 0 aromatic rings. The number of ether oxygens (including phenoxy) is 13. The van der Waals surface area contributed by atoms with Crippen LogP contribution < -0.4 is 11.5 Å². The highest BCUT2D eigenvalue weighted by atomic mass is 32.2. The Bertz CT molecular complexity index is 2200. The Kier molecular flexibility index (Phi) is 26.2. The lowest BCUT2D eigenvalue weighted by molar-refractivity contribution is -0.395. The highest BCUT2D eigenvalue weighted by Crippen LogP contribution is 2.41. The van der Waals surface area contributed by atoms with Crippen molar-refractivity contribution >= 4 is 35.5 Å². The Labute approximate surface area is 513 Å². The topological polar surface area (TPSA) is 631 Å². The van der Waals surface area contributed by atoms with E-state index in [-0.39, 0.29) is 23.0 Å².